The second-order valence-electron chi connectivity index (χ2n) is 7.25. The molecule has 0 heterocycles. The van der Waals surface area contributed by atoms with Crippen molar-refractivity contribution in [2.24, 2.45) is 0 Å². The maximum Gasteiger partial charge on any atom is 0.136 e. The molecule has 0 bridgehead atoms. The number of hydrogen-bond donors (Lipinski definition) is 3. The van der Waals surface area contributed by atoms with Crippen LogP contribution in [-0.2, 0) is 5.60 Å². The van der Waals surface area contributed by atoms with Gasteiger partial charge in [-0.25, -0.2) is 0 Å². The van der Waals surface area contributed by atoms with Crippen LogP contribution in [-0.4, -0.2) is 29.9 Å². The van der Waals surface area contributed by atoms with E-state index >= 15 is 0 Å². The van der Waals surface area contributed by atoms with Gasteiger partial charge in [-0.05, 0) is 62.2 Å². The summed E-state index contributed by atoms with van der Waals surface area (Å²) in [5.74, 6) is 0.563. The maximum atomic E-state index is 11.1. The summed E-state index contributed by atoms with van der Waals surface area (Å²) in [4.78, 5) is 0. The van der Waals surface area contributed by atoms with E-state index < -0.39 is 5.60 Å². The second kappa shape index (κ2) is 12.6. The molecule has 0 aromatic heterocycles. The molecule has 3 N–H and O–H groups in total. The highest BCUT2D eigenvalue weighted by Crippen LogP contribution is 2.38. The lowest BCUT2D eigenvalue weighted by Crippen LogP contribution is -2.24. The minimum Gasteiger partial charge on any atom is -0.507 e. The molecule has 2 aromatic rings. The highest BCUT2D eigenvalue weighted by molar-refractivity contribution is 9.10. The van der Waals surface area contributed by atoms with Crippen LogP contribution in [0, 0.1) is 0 Å². The molecule has 162 valence electrons. The number of halogens is 1. The van der Waals surface area contributed by atoms with E-state index in [1.165, 1.54) is 6.08 Å². The summed E-state index contributed by atoms with van der Waals surface area (Å²) < 4.78 is 6.68. The average molecular weight is 474 g/mol. The molecule has 0 radical (unpaired) electrons. The maximum absolute atomic E-state index is 11.1. The summed E-state index contributed by atoms with van der Waals surface area (Å²) >= 11 is 3.39. The van der Waals surface area contributed by atoms with Crippen molar-refractivity contribution in [1.29, 1.82) is 0 Å². The standard InChI is InChI=1S/C25H32BrNO3/c1-3-5-16-27-17-8-6-7-9-18-30-22-14-15-23(24(28)19-22)25(29,4-2)20-10-12-21(26)13-11-20/h3-4,10-15,19,27-29H,1-2,5-9,16-18H2. The zero-order valence-electron chi connectivity index (χ0n) is 17.4. The van der Waals surface area contributed by atoms with Gasteiger partial charge in [-0.1, -0.05) is 59.6 Å². The molecular formula is C25H32BrNO3. The summed E-state index contributed by atoms with van der Waals surface area (Å²) in [6.45, 7) is 10.1. The molecule has 1 unspecified atom stereocenters. The molecule has 30 heavy (non-hydrogen) atoms. The van der Waals surface area contributed by atoms with E-state index in [4.69, 9.17) is 4.74 Å². The Hall–Kier alpha value is -2.08. The van der Waals surface area contributed by atoms with Gasteiger partial charge in [0.1, 0.15) is 17.1 Å². The minimum atomic E-state index is -1.48. The van der Waals surface area contributed by atoms with Gasteiger partial charge >= 0.3 is 0 Å². The van der Waals surface area contributed by atoms with E-state index in [1.54, 1.807) is 30.3 Å². The topological polar surface area (TPSA) is 61.7 Å². The molecule has 0 spiro atoms. The molecule has 2 aromatic carbocycles. The van der Waals surface area contributed by atoms with Crippen LogP contribution < -0.4 is 10.1 Å². The van der Waals surface area contributed by atoms with Crippen LogP contribution in [0.2, 0.25) is 0 Å². The lowest BCUT2D eigenvalue weighted by Gasteiger charge is -2.26. The minimum absolute atomic E-state index is 0.0246. The quantitative estimate of drug-likeness (QED) is 0.244. The van der Waals surface area contributed by atoms with E-state index in [0.717, 1.165) is 49.7 Å². The SMILES string of the molecule is C=CCCNCCCCCCOc1ccc(C(O)(C=C)c2ccc(Br)cc2)c(O)c1. The number of phenolic OH excluding ortho intramolecular Hbond substituents is 1. The van der Waals surface area contributed by atoms with Crippen molar-refractivity contribution in [2.45, 2.75) is 37.7 Å². The fourth-order valence-electron chi connectivity index (χ4n) is 3.24. The van der Waals surface area contributed by atoms with Crippen LogP contribution in [0.5, 0.6) is 11.5 Å². The highest BCUT2D eigenvalue weighted by atomic mass is 79.9. The first-order valence-electron chi connectivity index (χ1n) is 10.4. The number of benzene rings is 2. The van der Waals surface area contributed by atoms with Gasteiger partial charge in [0, 0.05) is 16.1 Å². The Labute approximate surface area is 188 Å². The van der Waals surface area contributed by atoms with Crippen LogP contribution in [0.25, 0.3) is 0 Å². The molecule has 0 aliphatic rings. The van der Waals surface area contributed by atoms with Gasteiger partial charge in [-0.15, -0.1) is 6.58 Å². The van der Waals surface area contributed by atoms with E-state index in [9.17, 15) is 10.2 Å². The number of phenols is 1. The van der Waals surface area contributed by atoms with Crippen molar-refractivity contribution >= 4 is 15.9 Å². The molecule has 4 nitrogen and oxygen atoms in total. The van der Waals surface area contributed by atoms with Gasteiger partial charge in [0.25, 0.3) is 0 Å². The van der Waals surface area contributed by atoms with E-state index in [2.05, 4.69) is 34.4 Å². The van der Waals surface area contributed by atoms with Crippen molar-refractivity contribution in [3.05, 3.63) is 83.4 Å². The normalized spacial score (nSPS) is 12.9. The molecule has 0 saturated heterocycles. The Morgan fingerprint density at radius 3 is 2.40 bits per heavy atom. The van der Waals surface area contributed by atoms with Gasteiger partial charge in [-0.3, -0.25) is 0 Å². The predicted octanol–water partition coefficient (Wildman–Crippen LogP) is 5.68. The Kier molecular flexibility index (Phi) is 10.1. The molecule has 0 fully saturated rings. The number of aliphatic hydroxyl groups is 1. The molecule has 0 aliphatic carbocycles. The molecule has 0 aliphatic heterocycles. The van der Waals surface area contributed by atoms with Gasteiger partial charge in [-0.2, -0.15) is 0 Å². The van der Waals surface area contributed by atoms with Crippen molar-refractivity contribution in [3.63, 3.8) is 0 Å². The fourth-order valence-corrected chi connectivity index (χ4v) is 3.50. The lowest BCUT2D eigenvalue weighted by molar-refractivity contribution is 0.131. The first kappa shape index (κ1) is 24.2. The summed E-state index contributed by atoms with van der Waals surface area (Å²) in [6, 6.07) is 12.3. The largest absolute Gasteiger partial charge is 0.507 e. The molecule has 5 heteroatoms. The Balaban J connectivity index is 1.84. The number of ether oxygens (including phenoxy) is 1. The van der Waals surface area contributed by atoms with E-state index in [0.29, 0.717) is 23.5 Å². The monoisotopic (exact) mass is 473 g/mol. The van der Waals surface area contributed by atoms with Gasteiger partial charge < -0.3 is 20.3 Å². The zero-order valence-corrected chi connectivity index (χ0v) is 19.0. The lowest BCUT2D eigenvalue weighted by atomic mass is 9.86. The number of rotatable bonds is 14. The molecule has 0 amide bonds. The molecular weight excluding hydrogens is 442 g/mol. The first-order chi connectivity index (χ1) is 14.5. The third kappa shape index (κ3) is 7.01. The third-order valence-electron chi connectivity index (χ3n) is 5.00. The van der Waals surface area contributed by atoms with Crippen LogP contribution in [0.4, 0.5) is 0 Å². The van der Waals surface area contributed by atoms with Crippen LogP contribution in [0.3, 0.4) is 0 Å². The third-order valence-corrected chi connectivity index (χ3v) is 5.53. The smallest absolute Gasteiger partial charge is 0.136 e. The van der Waals surface area contributed by atoms with Crippen molar-refractivity contribution in [1.82, 2.24) is 5.32 Å². The van der Waals surface area contributed by atoms with E-state index in [-0.39, 0.29) is 5.75 Å². The summed E-state index contributed by atoms with van der Waals surface area (Å²) in [5.41, 5.74) is -0.483. The summed E-state index contributed by atoms with van der Waals surface area (Å²) in [7, 11) is 0. The number of unbranched alkanes of at least 4 members (excludes halogenated alkanes) is 3. The molecule has 1 atom stereocenters. The Morgan fingerprint density at radius 2 is 1.73 bits per heavy atom. The van der Waals surface area contributed by atoms with E-state index in [1.807, 2.05) is 18.2 Å². The Bertz CT molecular complexity index is 807. The average Bonchev–Trinajstić information content (AvgIpc) is 2.75. The highest BCUT2D eigenvalue weighted by Gasteiger charge is 2.31. The van der Waals surface area contributed by atoms with Crippen molar-refractivity contribution < 1.29 is 14.9 Å². The Morgan fingerprint density at radius 1 is 1.00 bits per heavy atom. The predicted molar refractivity (Wildman–Crippen MR) is 127 cm³/mol. The van der Waals surface area contributed by atoms with Gasteiger partial charge in [0.05, 0.1) is 6.61 Å². The first-order valence-corrected chi connectivity index (χ1v) is 11.2. The number of nitrogens with one attached hydrogen (secondary N) is 1. The number of aromatic hydroxyl groups is 1. The van der Waals surface area contributed by atoms with Crippen LogP contribution in [0.1, 0.15) is 43.2 Å². The van der Waals surface area contributed by atoms with Gasteiger partial charge in [0.2, 0.25) is 0 Å². The van der Waals surface area contributed by atoms with Crippen molar-refractivity contribution in [2.75, 3.05) is 19.7 Å². The summed E-state index contributed by atoms with van der Waals surface area (Å²) in [5, 5.41) is 25.1. The second-order valence-corrected chi connectivity index (χ2v) is 8.16. The summed E-state index contributed by atoms with van der Waals surface area (Å²) in [6.07, 6.45) is 8.74. The molecule has 2 rings (SSSR count). The van der Waals surface area contributed by atoms with Crippen LogP contribution >= 0.6 is 15.9 Å². The van der Waals surface area contributed by atoms with Crippen molar-refractivity contribution in [3.8, 4) is 11.5 Å². The van der Waals surface area contributed by atoms with Gasteiger partial charge in [0.15, 0.2) is 0 Å². The van der Waals surface area contributed by atoms with Crippen LogP contribution in [0.15, 0.2) is 72.2 Å². The zero-order chi connectivity index (χ0) is 21.8. The number of hydrogen-bond acceptors (Lipinski definition) is 4. The molecule has 0 saturated carbocycles. The fraction of sp³-hybridized carbons (Fsp3) is 0.360.